The zero-order valence-electron chi connectivity index (χ0n) is 17.5. The first-order valence-corrected chi connectivity index (χ1v) is 9.24. The molecule has 1 rings (SSSR count). The predicted octanol–water partition coefficient (Wildman–Crippen LogP) is 1.16. The Balaban J connectivity index is 3.26. The summed E-state index contributed by atoms with van der Waals surface area (Å²) < 4.78 is 26.0. The number of cyclic esters (lactones) is 1. The van der Waals surface area contributed by atoms with E-state index < -0.39 is 60.4 Å². The number of ether oxygens (including phenoxy) is 5. The number of rotatable bonds is 9. The van der Waals surface area contributed by atoms with Gasteiger partial charge in [0.2, 0.25) is 0 Å². The molecule has 0 N–H and O–H groups in total. The van der Waals surface area contributed by atoms with E-state index in [0.717, 1.165) is 27.7 Å². The molecule has 0 fully saturated rings. The standard InChI is InChI=1S/C20H26O10/c1-11(26-12(2)21)19(28-14(4)23)20(29-15(5)24)17(27-13(3)22)10-9-16-7-6-8-18(25)30-16/h6,8-11,16-17,19-20H,7H2,1-5H3. The van der Waals surface area contributed by atoms with Gasteiger partial charge < -0.3 is 23.7 Å². The summed E-state index contributed by atoms with van der Waals surface area (Å²) in [5.41, 5.74) is 0. The second-order valence-electron chi connectivity index (χ2n) is 6.54. The molecule has 166 valence electrons. The highest BCUT2D eigenvalue weighted by atomic mass is 16.6. The largest absolute Gasteiger partial charge is 0.459 e. The van der Waals surface area contributed by atoms with Crippen LogP contribution >= 0.6 is 0 Å². The van der Waals surface area contributed by atoms with Gasteiger partial charge in [-0.2, -0.15) is 0 Å². The molecule has 1 aliphatic rings. The summed E-state index contributed by atoms with van der Waals surface area (Å²) in [6, 6.07) is 0. The van der Waals surface area contributed by atoms with E-state index in [1.807, 2.05) is 0 Å². The number of hydrogen-bond donors (Lipinski definition) is 0. The minimum Gasteiger partial charge on any atom is -0.459 e. The van der Waals surface area contributed by atoms with Crippen LogP contribution in [0, 0.1) is 0 Å². The second-order valence-corrected chi connectivity index (χ2v) is 6.54. The highest BCUT2D eigenvalue weighted by molar-refractivity contribution is 5.83. The summed E-state index contributed by atoms with van der Waals surface area (Å²) in [4.78, 5) is 57.8. The molecule has 0 aromatic carbocycles. The van der Waals surface area contributed by atoms with Crippen molar-refractivity contribution in [3.05, 3.63) is 24.3 Å². The molecule has 1 heterocycles. The molecular formula is C20H26O10. The summed E-state index contributed by atoms with van der Waals surface area (Å²) in [6.45, 7) is 6.00. The molecule has 1 aliphatic heterocycles. The van der Waals surface area contributed by atoms with Crippen LogP contribution in [0.2, 0.25) is 0 Å². The van der Waals surface area contributed by atoms with Gasteiger partial charge in [-0.05, 0) is 19.1 Å². The van der Waals surface area contributed by atoms with Gasteiger partial charge in [0.25, 0.3) is 0 Å². The van der Waals surface area contributed by atoms with Crippen molar-refractivity contribution in [2.45, 2.75) is 71.6 Å². The Morgan fingerprint density at radius 3 is 1.97 bits per heavy atom. The summed E-state index contributed by atoms with van der Waals surface area (Å²) in [6.07, 6.45) is 0.629. The van der Waals surface area contributed by atoms with Gasteiger partial charge >= 0.3 is 29.8 Å². The van der Waals surface area contributed by atoms with Crippen LogP contribution in [0.15, 0.2) is 24.3 Å². The van der Waals surface area contributed by atoms with Crippen molar-refractivity contribution in [3.63, 3.8) is 0 Å². The molecule has 30 heavy (non-hydrogen) atoms. The number of hydrogen-bond acceptors (Lipinski definition) is 10. The molecule has 0 aliphatic carbocycles. The Labute approximate surface area is 174 Å². The summed E-state index contributed by atoms with van der Waals surface area (Å²) >= 11 is 0. The maximum atomic E-state index is 11.7. The average Bonchev–Trinajstić information content (AvgIpc) is 2.60. The van der Waals surface area contributed by atoms with Crippen LogP contribution in [-0.4, -0.2) is 60.4 Å². The number of carbonyl (C=O) groups is 5. The molecular weight excluding hydrogens is 400 g/mol. The van der Waals surface area contributed by atoms with Crippen LogP contribution in [0.3, 0.4) is 0 Å². The third-order valence-corrected chi connectivity index (χ3v) is 3.77. The second kappa shape index (κ2) is 11.7. The van der Waals surface area contributed by atoms with E-state index >= 15 is 0 Å². The first kappa shape index (κ1) is 24.9. The Morgan fingerprint density at radius 2 is 1.47 bits per heavy atom. The van der Waals surface area contributed by atoms with Gasteiger partial charge in [0.05, 0.1) is 0 Å². The molecule has 0 spiro atoms. The molecule has 0 saturated carbocycles. The monoisotopic (exact) mass is 426 g/mol. The van der Waals surface area contributed by atoms with E-state index in [9.17, 15) is 24.0 Å². The molecule has 0 radical (unpaired) electrons. The lowest BCUT2D eigenvalue weighted by Gasteiger charge is -2.33. The smallest absolute Gasteiger partial charge is 0.331 e. The van der Waals surface area contributed by atoms with Crippen molar-refractivity contribution in [1.29, 1.82) is 0 Å². The minimum atomic E-state index is -1.34. The highest BCUT2D eigenvalue weighted by Crippen LogP contribution is 2.21. The van der Waals surface area contributed by atoms with Gasteiger partial charge in [0.15, 0.2) is 18.3 Å². The van der Waals surface area contributed by atoms with Gasteiger partial charge in [0, 0.05) is 40.2 Å². The maximum Gasteiger partial charge on any atom is 0.331 e. The van der Waals surface area contributed by atoms with Crippen LogP contribution in [-0.2, 0) is 47.7 Å². The molecule has 5 atom stereocenters. The average molecular weight is 426 g/mol. The number of carbonyl (C=O) groups excluding carboxylic acids is 5. The summed E-state index contributed by atoms with van der Waals surface area (Å²) in [5, 5.41) is 0. The van der Waals surface area contributed by atoms with E-state index in [4.69, 9.17) is 23.7 Å². The molecule has 0 amide bonds. The van der Waals surface area contributed by atoms with Gasteiger partial charge in [-0.15, -0.1) is 0 Å². The molecule has 0 aromatic rings. The lowest BCUT2D eigenvalue weighted by molar-refractivity contribution is -0.193. The van der Waals surface area contributed by atoms with E-state index in [1.165, 1.54) is 25.2 Å². The lowest BCUT2D eigenvalue weighted by Crippen LogP contribution is -2.50. The lowest BCUT2D eigenvalue weighted by atomic mass is 10.0. The number of esters is 5. The molecule has 0 bridgehead atoms. The SMILES string of the molecule is CC(=O)OC(C)C(OC(C)=O)C(OC(C)=O)C(C=CC1CC=CC(=O)O1)OC(C)=O. The third-order valence-electron chi connectivity index (χ3n) is 3.77. The molecule has 0 saturated heterocycles. The quantitative estimate of drug-likeness (QED) is 0.300. The third kappa shape index (κ3) is 8.89. The van der Waals surface area contributed by atoms with Crippen LogP contribution in [0.5, 0.6) is 0 Å². The zero-order valence-corrected chi connectivity index (χ0v) is 17.5. The van der Waals surface area contributed by atoms with E-state index in [2.05, 4.69) is 0 Å². The van der Waals surface area contributed by atoms with E-state index in [-0.39, 0.29) is 0 Å². The normalized spacial score (nSPS) is 19.8. The Kier molecular flexibility index (Phi) is 9.73. The van der Waals surface area contributed by atoms with Gasteiger partial charge in [0.1, 0.15) is 12.2 Å². The van der Waals surface area contributed by atoms with Crippen molar-refractivity contribution < 1.29 is 47.7 Å². The Hall–Kier alpha value is -3.17. The van der Waals surface area contributed by atoms with Crippen molar-refractivity contribution in [2.75, 3.05) is 0 Å². The first-order chi connectivity index (χ1) is 14.0. The molecule has 0 aromatic heterocycles. The fraction of sp³-hybridized carbons (Fsp3) is 0.550. The van der Waals surface area contributed by atoms with Crippen molar-refractivity contribution >= 4 is 29.8 Å². The highest BCUT2D eigenvalue weighted by Gasteiger charge is 2.40. The first-order valence-electron chi connectivity index (χ1n) is 9.24. The van der Waals surface area contributed by atoms with Gasteiger partial charge in [-0.3, -0.25) is 19.2 Å². The minimum absolute atomic E-state index is 0.393. The fourth-order valence-electron chi connectivity index (χ4n) is 2.76. The van der Waals surface area contributed by atoms with Gasteiger partial charge in [-0.25, -0.2) is 4.79 Å². The Morgan fingerprint density at radius 1 is 0.933 bits per heavy atom. The van der Waals surface area contributed by atoms with Crippen molar-refractivity contribution in [1.82, 2.24) is 0 Å². The van der Waals surface area contributed by atoms with Gasteiger partial charge in [-0.1, -0.05) is 6.08 Å². The predicted molar refractivity (Wildman–Crippen MR) is 101 cm³/mol. The van der Waals surface area contributed by atoms with Crippen LogP contribution in [0.4, 0.5) is 0 Å². The van der Waals surface area contributed by atoms with Crippen molar-refractivity contribution in [3.8, 4) is 0 Å². The maximum absolute atomic E-state index is 11.7. The van der Waals surface area contributed by atoms with Crippen molar-refractivity contribution in [2.24, 2.45) is 0 Å². The molecule has 10 heteroatoms. The van der Waals surface area contributed by atoms with Crippen LogP contribution < -0.4 is 0 Å². The van der Waals surface area contributed by atoms with E-state index in [0.29, 0.717) is 6.42 Å². The Bertz CT molecular complexity index is 723. The summed E-state index contributed by atoms with van der Waals surface area (Å²) in [5.74, 6) is -3.36. The van der Waals surface area contributed by atoms with Crippen LogP contribution in [0.1, 0.15) is 41.0 Å². The summed E-state index contributed by atoms with van der Waals surface area (Å²) in [7, 11) is 0. The zero-order chi connectivity index (χ0) is 22.8. The fourth-order valence-corrected chi connectivity index (χ4v) is 2.76. The molecule has 10 nitrogen and oxygen atoms in total. The van der Waals surface area contributed by atoms with E-state index in [1.54, 1.807) is 6.08 Å². The topological polar surface area (TPSA) is 132 Å². The van der Waals surface area contributed by atoms with Crippen LogP contribution in [0.25, 0.3) is 0 Å². The molecule has 5 unspecified atom stereocenters.